The van der Waals surface area contributed by atoms with Crippen LogP contribution in [0, 0.1) is 34.5 Å². The molecule has 6 N–H and O–H groups in total. The van der Waals surface area contributed by atoms with E-state index in [9.17, 15) is 14.0 Å². The third kappa shape index (κ3) is 7.10. The van der Waals surface area contributed by atoms with Gasteiger partial charge in [-0.2, -0.15) is 5.26 Å². The summed E-state index contributed by atoms with van der Waals surface area (Å²) in [7, 11) is 0. The first kappa shape index (κ1) is 30.3. The summed E-state index contributed by atoms with van der Waals surface area (Å²) in [6, 6.07) is 1.83. The largest absolute Gasteiger partial charge is 0.350 e. The van der Waals surface area contributed by atoms with Crippen molar-refractivity contribution in [3.63, 3.8) is 0 Å². The van der Waals surface area contributed by atoms with Crippen LogP contribution in [0.15, 0.2) is 4.99 Å². The maximum atomic E-state index is 14.6. The van der Waals surface area contributed by atoms with Gasteiger partial charge in [0, 0.05) is 37.8 Å². The number of nitrogens with two attached hydrogens (primary N) is 2. The molecule has 41 heavy (non-hydrogen) atoms. The van der Waals surface area contributed by atoms with Gasteiger partial charge in [0.2, 0.25) is 11.8 Å². The molecule has 0 aromatic rings. The van der Waals surface area contributed by atoms with E-state index in [1.54, 1.807) is 0 Å². The summed E-state index contributed by atoms with van der Waals surface area (Å²) in [5.74, 6) is -0.767. The molecule has 2 amide bonds. The highest BCUT2D eigenvalue weighted by molar-refractivity contribution is 5.81. The van der Waals surface area contributed by atoms with Crippen LogP contribution in [0.3, 0.4) is 0 Å². The number of likely N-dealkylation sites (tertiary alicyclic amines) is 2. The molecule has 4 heterocycles. The number of hydrogen-bond acceptors (Lipinski definition) is 8. The molecule has 1 saturated carbocycles. The number of nitrogens with one attached hydrogen (secondary N) is 2. The van der Waals surface area contributed by atoms with Crippen LogP contribution in [0.2, 0.25) is 0 Å². The van der Waals surface area contributed by atoms with E-state index < -0.39 is 24.3 Å². The minimum absolute atomic E-state index is 0.000709. The summed E-state index contributed by atoms with van der Waals surface area (Å²) in [5.41, 5.74) is 12.5. The Morgan fingerprint density at radius 2 is 1.83 bits per heavy atom. The Kier molecular flexibility index (Phi) is 9.95. The topological polar surface area (TPSA) is 153 Å². The number of nitriles is 1. The van der Waals surface area contributed by atoms with E-state index in [1.807, 2.05) is 4.90 Å². The van der Waals surface area contributed by atoms with Gasteiger partial charge >= 0.3 is 0 Å². The summed E-state index contributed by atoms with van der Waals surface area (Å²) in [6.45, 7) is 4.23. The SMILES string of the molecule is N#CC1CN(C(=O)C2CCN(C3CCNCC3NC(=O)C(C(N)N)C3CC4(CCCCC4)CCC(F)/C=N\3)CC2)C1. The number of nitrogens with zero attached hydrogens (tertiary/aromatic N) is 4. The van der Waals surface area contributed by atoms with Gasteiger partial charge in [-0.25, -0.2) is 4.39 Å². The number of halogens is 1. The molecular weight excluding hydrogens is 523 g/mol. The number of carbonyl (C=O) groups is 2. The maximum absolute atomic E-state index is 14.6. The Bertz CT molecular complexity index is 981. The van der Waals surface area contributed by atoms with Crippen LogP contribution in [0.1, 0.15) is 70.6 Å². The van der Waals surface area contributed by atoms with Crippen LogP contribution in [-0.4, -0.2) is 97.6 Å². The highest BCUT2D eigenvalue weighted by atomic mass is 19.1. The highest BCUT2D eigenvalue weighted by Gasteiger charge is 2.43. The zero-order valence-electron chi connectivity index (χ0n) is 24.4. The van der Waals surface area contributed by atoms with Gasteiger partial charge in [0.25, 0.3) is 0 Å². The van der Waals surface area contributed by atoms with Gasteiger partial charge in [-0.3, -0.25) is 19.5 Å². The molecule has 3 saturated heterocycles. The van der Waals surface area contributed by atoms with Gasteiger partial charge in [0.15, 0.2) is 0 Å². The lowest BCUT2D eigenvalue weighted by Crippen LogP contribution is -2.63. The van der Waals surface area contributed by atoms with Gasteiger partial charge < -0.3 is 27.0 Å². The van der Waals surface area contributed by atoms with E-state index >= 15 is 0 Å². The molecule has 1 spiro atoms. The van der Waals surface area contributed by atoms with Crippen LogP contribution in [0.5, 0.6) is 0 Å². The highest BCUT2D eigenvalue weighted by Crippen LogP contribution is 2.46. The van der Waals surface area contributed by atoms with Crippen molar-refractivity contribution in [3.8, 4) is 6.07 Å². The summed E-state index contributed by atoms with van der Waals surface area (Å²) in [6.07, 6.45) is 9.43. The molecule has 0 radical (unpaired) electrons. The van der Waals surface area contributed by atoms with Crippen LogP contribution < -0.4 is 22.1 Å². The fraction of sp³-hybridized carbons (Fsp3) is 0.867. The van der Waals surface area contributed by atoms with Crippen LogP contribution in [-0.2, 0) is 9.59 Å². The fourth-order valence-electron chi connectivity index (χ4n) is 8.09. The molecule has 5 unspecified atom stereocenters. The molecular formula is C30H49FN8O2. The van der Waals surface area contributed by atoms with Crippen molar-refractivity contribution in [2.45, 2.75) is 101 Å². The molecule has 4 aliphatic heterocycles. The summed E-state index contributed by atoms with van der Waals surface area (Å²) < 4.78 is 14.6. The van der Waals surface area contributed by atoms with Crippen molar-refractivity contribution in [3.05, 3.63) is 0 Å². The van der Waals surface area contributed by atoms with Gasteiger partial charge in [-0.1, -0.05) is 19.3 Å². The summed E-state index contributed by atoms with van der Waals surface area (Å²) >= 11 is 0. The van der Waals surface area contributed by atoms with Crippen molar-refractivity contribution in [1.29, 1.82) is 5.26 Å². The standard InChI is InChI=1S/C30H49FN8O2/c31-22-4-10-30(8-2-1-3-9-30)14-23(36-16-22)26(27(33)34)28(40)37-24-17-35-11-5-25(24)38-12-6-21(7-13-38)29(41)39-18-20(15-32)19-39/h16,20-27,35H,1-14,17-19,33-34H2,(H,37,40)/b36-16-. The van der Waals surface area contributed by atoms with Crippen molar-refractivity contribution in [2.75, 3.05) is 39.3 Å². The lowest BCUT2D eigenvalue weighted by molar-refractivity contribution is -0.142. The lowest BCUT2D eigenvalue weighted by atomic mass is 9.65. The molecule has 11 heteroatoms. The minimum atomic E-state index is -1.11. The van der Waals surface area contributed by atoms with E-state index in [-0.39, 0.29) is 41.1 Å². The van der Waals surface area contributed by atoms with E-state index in [1.165, 1.54) is 12.6 Å². The second-order valence-electron chi connectivity index (χ2n) is 13.3. The van der Waals surface area contributed by atoms with E-state index in [2.05, 4.69) is 26.6 Å². The number of carbonyl (C=O) groups excluding carboxylic acids is 2. The predicted octanol–water partition coefficient (Wildman–Crippen LogP) is 1.30. The van der Waals surface area contributed by atoms with Crippen molar-refractivity contribution in [1.82, 2.24) is 20.4 Å². The molecule has 10 nitrogen and oxygen atoms in total. The zero-order valence-corrected chi connectivity index (χ0v) is 24.4. The number of alkyl halides is 1. The number of aliphatic imine (C=N–C) groups is 1. The summed E-state index contributed by atoms with van der Waals surface area (Å²) in [4.78, 5) is 35.6. The number of piperidine rings is 2. The molecule has 0 aromatic heterocycles. The first-order valence-electron chi connectivity index (χ1n) is 15.9. The Balaban J connectivity index is 1.22. The quantitative estimate of drug-likeness (QED) is 0.350. The summed E-state index contributed by atoms with van der Waals surface area (Å²) in [5, 5.41) is 15.7. The Labute approximate surface area is 243 Å². The third-order valence-corrected chi connectivity index (χ3v) is 10.6. The van der Waals surface area contributed by atoms with Crippen LogP contribution in [0.25, 0.3) is 0 Å². The van der Waals surface area contributed by atoms with Crippen molar-refractivity contribution in [2.24, 2.45) is 39.6 Å². The first-order valence-corrected chi connectivity index (χ1v) is 15.9. The lowest BCUT2D eigenvalue weighted by Gasteiger charge is -2.45. The van der Waals surface area contributed by atoms with Crippen molar-refractivity contribution >= 4 is 18.0 Å². The molecule has 4 fully saturated rings. The molecule has 5 atom stereocenters. The second-order valence-corrected chi connectivity index (χ2v) is 13.3. The predicted molar refractivity (Wildman–Crippen MR) is 155 cm³/mol. The van der Waals surface area contributed by atoms with Gasteiger partial charge in [0.1, 0.15) is 6.17 Å². The Hall–Kier alpha value is -2.13. The fourth-order valence-corrected chi connectivity index (χ4v) is 8.09. The van der Waals surface area contributed by atoms with Crippen LogP contribution in [0.4, 0.5) is 4.39 Å². The smallest absolute Gasteiger partial charge is 0.228 e. The third-order valence-electron chi connectivity index (χ3n) is 10.6. The molecule has 1 aliphatic carbocycles. The van der Waals surface area contributed by atoms with E-state index in [4.69, 9.17) is 16.7 Å². The molecule has 5 aliphatic rings. The van der Waals surface area contributed by atoms with Gasteiger partial charge in [-0.05, 0) is 76.4 Å². The van der Waals surface area contributed by atoms with Crippen molar-refractivity contribution < 1.29 is 14.0 Å². The van der Waals surface area contributed by atoms with Gasteiger partial charge in [-0.15, -0.1) is 0 Å². The number of rotatable bonds is 6. The second kappa shape index (κ2) is 13.4. The molecule has 0 bridgehead atoms. The monoisotopic (exact) mass is 572 g/mol. The maximum Gasteiger partial charge on any atom is 0.228 e. The molecule has 228 valence electrons. The van der Waals surface area contributed by atoms with Crippen LogP contribution >= 0.6 is 0 Å². The number of hydrogen-bond donors (Lipinski definition) is 4. The Morgan fingerprint density at radius 3 is 2.51 bits per heavy atom. The normalized spacial score (nSPS) is 33.3. The minimum Gasteiger partial charge on any atom is -0.350 e. The number of amides is 2. The molecule has 5 rings (SSSR count). The van der Waals surface area contributed by atoms with Gasteiger partial charge in [0.05, 0.1) is 36.2 Å². The molecule has 0 aromatic carbocycles. The zero-order chi connectivity index (χ0) is 29.0. The first-order chi connectivity index (χ1) is 19.8. The van der Waals surface area contributed by atoms with E-state index in [0.717, 1.165) is 77.4 Å². The van der Waals surface area contributed by atoms with E-state index in [0.29, 0.717) is 26.1 Å². The average molecular weight is 573 g/mol. The average Bonchev–Trinajstić information content (AvgIpc) is 2.94. The Morgan fingerprint density at radius 1 is 1.10 bits per heavy atom.